The summed E-state index contributed by atoms with van der Waals surface area (Å²) < 4.78 is 0. The number of likely N-dealkylation sites (tertiary alicyclic amines) is 1. The van der Waals surface area contributed by atoms with E-state index in [2.05, 4.69) is 10.2 Å². The van der Waals surface area contributed by atoms with Gasteiger partial charge in [-0.05, 0) is 19.8 Å². The first-order valence-corrected chi connectivity index (χ1v) is 6.38. The molecule has 7 heteroatoms. The van der Waals surface area contributed by atoms with E-state index in [-0.39, 0.29) is 24.3 Å². The highest BCUT2D eigenvalue weighted by Gasteiger charge is 2.44. The van der Waals surface area contributed by atoms with Crippen molar-refractivity contribution in [2.24, 2.45) is 5.92 Å². The van der Waals surface area contributed by atoms with Crippen molar-refractivity contribution in [2.45, 2.75) is 25.8 Å². The number of carbonyl (C=O) groups is 3. The van der Waals surface area contributed by atoms with Gasteiger partial charge in [-0.2, -0.15) is 0 Å². The van der Waals surface area contributed by atoms with Crippen LogP contribution in [0.1, 0.15) is 20.3 Å². The molecular formula is C12H19N3O4. The summed E-state index contributed by atoms with van der Waals surface area (Å²) in [6.07, 6.45) is 0.187. The van der Waals surface area contributed by atoms with Gasteiger partial charge in [0.15, 0.2) is 0 Å². The molecule has 0 bridgehead atoms. The first-order chi connectivity index (χ1) is 8.79. The number of carboxylic acid groups (broad SMARTS) is 1. The number of rotatable bonds is 5. The van der Waals surface area contributed by atoms with Crippen LogP contribution < -0.4 is 5.32 Å². The van der Waals surface area contributed by atoms with Crippen LogP contribution in [0.4, 0.5) is 4.79 Å². The number of carboxylic acids is 1. The molecule has 2 saturated heterocycles. The van der Waals surface area contributed by atoms with Gasteiger partial charge in [0.1, 0.15) is 5.54 Å². The maximum absolute atomic E-state index is 11.9. The molecular weight excluding hydrogens is 250 g/mol. The van der Waals surface area contributed by atoms with Gasteiger partial charge in [-0.3, -0.25) is 14.5 Å². The number of aliphatic carboxylic acids is 1. The summed E-state index contributed by atoms with van der Waals surface area (Å²) in [4.78, 5) is 37.3. The minimum absolute atomic E-state index is 0.187. The van der Waals surface area contributed by atoms with E-state index in [1.54, 1.807) is 13.8 Å². The fourth-order valence-electron chi connectivity index (χ4n) is 2.50. The van der Waals surface area contributed by atoms with Crippen molar-refractivity contribution in [3.05, 3.63) is 0 Å². The fraction of sp³-hybridized carbons (Fsp3) is 0.750. The highest BCUT2D eigenvalue weighted by atomic mass is 16.4. The molecule has 0 aromatic rings. The van der Waals surface area contributed by atoms with E-state index in [1.807, 2.05) is 0 Å². The van der Waals surface area contributed by atoms with Crippen molar-refractivity contribution in [1.29, 1.82) is 0 Å². The molecule has 3 amide bonds. The Morgan fingerprint density at radius 3 is 2.47 bits per heavy atom. The second kappa shape index (κ2) is 4.80. The van der Waals surface area contributed by atoms with Crippen LogP contribution in [-0.4, -0.2) is 64.5 Å². The van der Waals surface area contributed by atoms with Crippen LogP contribution in [0.3, 0.4) is 0 Å². The Balaban J connectivity index is 1.74. The molecule has 0 radical (unpaired) electrons. The monoisotopic (exact) mass is 269 g/mol. The van der Waals surface area contributed by atoms with E-state index in [9.17, 15) is 14.4 Å². The van der Waals surface area contributed by atoms with Gasteiger partial charge < -0.3 is 15.3 Å². The summed E-state index contributed by atoms with van der Waals surface area (Å²) in [5.74, 6) is -0.794. The molecule has 0 spiro atoms. The van der Waals surface area contributed by atoms with Crippen LogP contribution >= 0.6 is 0 Å². The summed E-state index contributed by atoms with van der Waals surface area (Å²) in [6, 6.07) is -0.349. The Morgan fingerprint density at radius 2 is 2.00 bits per heavy atom. The van der Waals surface area contributed by atoms with Crippen LogP contribution in [-0.2, 0) is 9.59 Å². The maximum atomic E-state index is 11.9. The van der Waals surface area contributed by atoms with E-state index in [1.165, 1.54) is 4.90 Å². The van der Waals surface area contributed by atoms with Crippen molar-refractivity contribution in [1.82, 2.24) is 15.1 Å². The van der Waals surface area contributed by atoms with E-state index in [4.69, 9.17) is 5.11 Å². The minimum atomic E-state index is -0.822. The maximum Gasteiger partial charge on any atom is 0.325 e. The summed E-state index contributed by atoms with van der Waals surface area (Å²) in [5, 5.41) is 11.3. The molecule has 2 rings (SSSR count). The second-order valence-corrected chi connectivity index (χ2v) is 5.74. The third-order valence-corrected chi connectivity index (χ3v) is 3.58. The molecule has 2 fully saturated rings. The molecule has 106 valence electrons. The van der Waals surface area contributed by atoms with Crippen LogP contribution in [0, 0.1) is 5.92 Å². The van der Waals surface area contributed by atoms with Crippen LogP contribution in [0.15, 0.2) is 0 Å². The zero-order chi connectivity index (χ0) is 14.2. The van der Waals surface area contributed by atoms with Gasteiger partial charge in [0.05, 0.1) is 6.42 Å². The zero-order valence-corrected chi connectivity index (χ0v) is 11.2. The molecule has 2 heterocycles. The van der Waals surface area contributed by atoms with Gasteiger partial charge in [0.2, 0.25) is 0 Å². The molecule has 0 aromatic heterocycles. The fourth-order valence-corrected chi connectivity index (χ4v) is 2.50. The zero-order valence-electron chi connectivity index (χ0n) is 11.2. The number of urea groups is 1. The lowest BCUT2D eigenvalue weighted by atomic mass is 9.96. The molecule has 0 saturated carbocycles. The lowest BCUT2D eigenvalue weighted by Gasteiger charge is -2.39. The quantitative estimate of drug-likeness (QED) is 0.670. The molecule has 2 aliphatic rings. The minimum Gasteiger partial charge on any atom is -0.481 e. The Kier molecular flexibility index (Phi) is 3.49. The average molecular weight is 269 g/mol. The predicted octanol–water partition coefficient (Wildman–Crippen LogP) is -0.277. The Labute approximate surface area is 111 Å². The summed E-state index contributed by atoms with van der Waals surface area (Å²) in [6.45, 7) is 5.76. The van der Waals surface area contributed by atoms with Crippen LogP contribution in [0.25, 0.3) is 0 Å². The lowest BCUT2D eigenvalue weighted by molar-refractivity contribution is -0.139. The first-order valence-electron chi connectivity index (χ1n) is 6.38. The van der Waals surface area contributed by atoms with E-state index >= 15 is 0 Å². The average Bonchev–Trinajstić information content (AvgIpc) is 2.41. The van der Waals surface area contributed by atoms with Gasteiger partial charge in [-0.1, -0.05) is 0 Å². The van der Waals surface area contributed by atoms with Gasteiger partial charge in [0, 0.05) is 26.2 Å². The number of amides is 3. The number of nitrogens with one attached hydrogen (secondary N) is 1. The standard InChI is InChI=1S/C12H19N3O4/c1-12(2)10(18)15(11(19)13-12)4-3-14-6-8(7-14)5-9(16)17/h8H,3-7H2,1-2H3,(H,13,19)(H,16,17). The molecule has 0 aromatic carbocycles. The Hall–Kier alpha value is -1.63. The third kappa shape index (κ3) is 2.86. The van der Waals surface area contributed by atoms with Gasteiger partial charge >= 0.3 is 12.0 Å². The van der Waals surface area contributed by atoms with Crippen LogP contribution in [0.5, 0.6) is 0 Å². The number of hydrogen-bond acceptors (Lipinski definition) is 4. The van der Waals surface area contributed by atoms with Crippen LogP contribution in [0.2, 0.25) is 0 Å². The first kappa shape index (κ1) is 13.8. The molecule has 2 N–H and O–H groups in total. The summed E-state index contributed by atoms with van der Waals surface area (Å²) >= 11 is 0. The smallest absolute Gasteiger partial charge is 0.325 e. The predicted molar refractivity (Wildman–Crippen MR) is 66.5 cm³/mol. The van der Waals surface area contributed by atoms with Gasteiger partial charge in [-0.25, -0.2) is 4.79 Å². The lowest BCUT2D eigenvalue weighted by Crippen LogP contribution is -2.51. The largest absolute Gasteiger partial charge is 0.481 e. The molecule has 0 aliphatic carbocycles. The third-order valence-electron chi connectivity index (χ3n) is 3.58. The number of imide groups is 1. The molecule has 19 heavy (non-hydrogen) atoms. The normalized spacial score (nSPS) is 23.4. The SMILES string of the molecule is CC1(C)NC(=O)N(CCN2CC(CC(=O)O)C2)C1=O. The molecule has 2 aliphatic heterocycles. The van der Waals surface area contributed by atoms with Crippen molar-refractivity contribution in [3.8, 4) is 0 Å². The van der Waals surface area contributed by atoms with Crippen molar-refractivity contribution in [2.75, 3.05) is 26.2 Å². The molecule has 0 atom stereocenters. The van der Waals surface area contributed by atoms with Gasteiger partial charge in [-0.15, -0.1) is 0 Å². The Bertz CT molecular complexity index is 415. The molecule has 7 nitrogen and oxygen atoms in total. The highest BCUT2D eigenvalue weighted by Crippen LogP contribution is 2.20. The van der Waals surface area contributed by atoms with Gasteiger partial charge in [0.25, 0.3) is 5.91 Å². The summed E-state index contributed by atoms with van der Waals surface area (Å²) in [5.41, 5.74) is -0.822. The van der Waals surface area contributed by atoms with Crippen molar-refractivity contribution < 1.29 is 19.5 Å². The van der Waals surface area contributed by atoms with E-state index < -0.39 is 11.5 Å². The van der Waals surface area contributed by atoms with E-state index in [0.29, 0.717) is 13.1 Å². The topological polar surface area (TPSA) is 90.0 Å². The number of carbonyl (C=O) groups excluding carboxylic acids is 2. The molecule has 0 unspecified atom stereocenters. The van der Waals surface area contributed by atoms with Crippen molar-refractivity contribution >= 4 is 17.9 Å². The highest BCUT2D eigenvalue weighted by molar-refractivity contribution is 6.06. The van der Waals surface area contributed by atoms with Crippen molar-refractivity contribution in [3.63, 3.8) is 0 Å². The second-order valence-electron chi connectivity index (χ2n) is 5.74. The number of hydrogen-bond donors (Lipinski definition) is 2. The van der Waals surface area contributed by atoms with E-state index in [0.717, 1.165) is 13.1 Å². The Morgan fingerprint density at radius 1 is 1.37 bits per heavy atom. The summed E-state index contributed by atoms with van der Waals surface area (Å²) in [7, 11) is 0. The number of nitrogens with zero attached hydrogens (tertiary/aromatic N) is 2.